The van der Waals surface area contributed by atoms with Gasteiger partial charge in [0, 0.05) is 19.6 Å². The summed E-state index contributed by atoms with van der Waals surface area (Å²) in [5, 5.41) is 0. The summed E-state index contributed by atoms with van der Waals surface area (Å²) in [5.41, 5.74) is 0.925. The largest absolute Gasteiger partial charge is 0.308 e. The molecule has 6 heteroatoms. The molecule has 1 saturated heterocycles. The maximum Gasteiger partial charge on any atom is 0.264 e. The molecule has 1 aliphatic heterocycles. The molecule has 0 saturated carbocycles. The van der Waals surface area contributed by atoms with E-state index in [9.17, 15) is 4.79 Å². The molecule has 1 unspecified atom stereocenters. The Labute approximate surface area is 133 Å². The third-order valence-corrected chi connectivity index (χ3v) is 4.83. The SMILES string of the molecule is CC(C)Cc1nc(C2CN(C)CCN2C)[nH]c(=O)c1I. The minimum Gasteiger partial charge on any atom is -0.308 e. The zero-order valence-electron chi connectivity index (χ0n) is 12.6. The van der Waals surface area contributed by atoms with Gasteiger partial charge in [0.15, 0.2) is 0 Å². The van der Waals surface area contributed by atoms with Crippen molar-refractivity contribution in [3.63, 3.8) is 0 Å². The highest BCUT2D eigenvalue weighted by molar-refractivity contribution is 14.1. The topological polar surface area (TPSA) is 52.2 Å². The van der Waals surface area contributed by atoms with Crippen LogP contribution in [0.25, 0.3) is 0 Å². The lowest BCUT2D eigenvalue weighted by Crippen LogP contribution is -2.46. The predicted octanol–water partition coefficient (Wildman–Crippen LogP) is 1.49. The smallest absolute Gasteiger partial charge is 0.264 e. The average Bonchev–Trinajstić information content (AvgIpc) is 2.37. The fourth-order valence-electron chi connectivity index (χ4n) is 2.51. The van der Waals surface area contributed by atoms with Gasteiger partial charge in [-0.15, -0.1) is 0 Å². The highest BCUT2D eigenvalue weighted by atomic mass is 127. The first-order chi connectivity index (χ1) is 9.38. The quantitative estimate of drug-likeness (QED) is 0.795. The van der Waals surface area contributed by atoms with E-state index in [0.29, 0.717) is 5.92 Å². The first kappa shape index (κ1) is 15.9. The molecule has 20 heavy (non-hydrogen) atoms. The molecule has 0 aliphatic carbocycles. The van der Waals surface area contributed by atoms with Crippen LogP contribution in [0, 0.1) is 9.49 Å². The molecule has 1 aliphatic rings. The van der Waals surface area contributed by atoms with E-state index in [-0.39, 0.29) is 11.6 Å². The van der Waals surface area contributed by atoms with Crippen LogP contribution in [0.4, 0.5) is 0 Å². The maximum absolute atomic E-state index is 12.1. The van der Waals surface area contributed by atoms with Crippen LogP contribution in [0.2, 0.25) is 0 Å². The molecule has 0 spiro atoms. The molecule has 2 heterocycles. The summed E-state index contributed by atoms with van der Waals surface area (Å²) in [7, 11) is 4.21. The van der Waals surface area contributed by atoms with Crippen molar-refractivity contribution < 1.29 is 0 Å². The Kier molecular flexibility index (Phi) is 5.19. The van der Waals surface area contributed by atoms with E-state index in [4.69, 9.17) is 4.98 Å². The van der Waals surface area contributed by atoms with Gasteiger partial charge in [-0.25, -0.2) is 4.98 Å². The van der Waals surface area contributed by atoms with E-state index in [1.165, 1.54) is 0 Å². The molecule has 1 atom stereocenters. The van der Waals surface area contributed by atoms with Gasteiger partial charge in [-0.3, -0.25) is 9.69 Å². The van der Waals surface area contributed by atoms with Crippen molar-refractivity contribution in [1.82, 2.24) is 19.8 Å². The lowest BCUT2D eigenvalue weighted by atomic mass is 10.1. The molecule has 1 N–H and O–H groups in total. The summed E-state index contributed by atoms with van der Waals surface area (Å²) in [6.07, 6.45) is 0.849. The Morgan fingerprint density at radius 3 is 2.75 bits per heavy atom. The summed E-state index contributed by atoms with van der Waals surface area (Å²) in [6, 6.07) is 0.171. The van der Waals surface area contributed by atoms with Gasteiger partial charge in [0.1, 0.15) is 5.82 Å². The number of piperazine rings is 1. The minimum atomic E-state index is -0.00660. The highest BCUT2D eigenvalue weighted by Crippen LogP contribution is 2.21. The number of H-pyrrole nitrogens is 1. The van der Waals surface area contributed by atoms with Gasteiger partial charge in [0.25, 0.3) is 5.56 Å². The van der Waals surface area contributed by atoms with E-state index in [2.05, 4.69) is 65.3 Å². The van der Waals surface area contributed by atoms with Crippen molar-refractivity contribution in [3.05, 3.63) is 25.4 Å². The zero-order chi connectivity index (χ0) is 14.9. The average molecular weight is 390 g/mol. The maximum atomic E-state index is 12.1. The molecule has 1 fully saturated rings. The Bertz CT molecular complexity index is 528. The highest BCUT2D eigenvalue weighted by Gasteiger charge is 2.26. The van der Waals surface area contributed by atoms with Gasteiger partial charge >= 0.3 is 0 Å². The van der Waals surface area contributed by atoms with Crippen LogP contribution in [0.15, 0.2) is 4.79 Å². The first-order valence-electron chi connectivity index (χ1n) is 7.06. The zero-order valence-corrected chi connectivity index (χ0v) is 14.8. The molecule has 1 aromatic rings. The molecule has 112 valence electrons. The van der Waals surface area contributed by atoms with E-state index >= 15 is 0 Å². The van der Waals surface area contributed by atoms with Crippen LogP contribution >= 0.6 is 22.6 Å². The van der Waals surface area contributed by atoms with Crippen molar-refractivity contribution in [1.29, 1.82) is 0 Å². The van der Waals surface area contributed by atoms with Gasteiger partial charge in [-0.2, -0.15) is 0 Å². The van der Waals surface area contributed by atoms with Crippen molar-refractivity contribution in [3.8, 4) is 0 Å². The number of aromatic amines is 1. The molecule has 1 aromatic heterocycles. The monoisotopic (exact) mass is 390 g/mol. The number of nitrogens with zero attached hydrogens (tertiary/aromatic N) is 3. The normalized spacial score (nSPS) is 21.6. The molecular formula is C14H23IN4O. The van der Waals surface area contributed by atoms with Gasteiger partial charge in [-0.05, 0) is 49.0 Å². The van der Waals surface area contributed by atoms with Crippen LogP contribution in [0.5, 0.6) is 0 Å². The van der Waals surface area contributed by atoms with Crippen LogP contribution in [0.1, 0.15) is 31.4 Å². The van der Waals surface area contributed by atoms with Crippen molar-refractivity contribution in [2.24, 2.45) is 5.92 Å². The second-order valence-electron chi connectivity index (χ2n) is 6.07. The molecular weight excluding hydrogens is 367 g/mol. The second-order valence-corrected chi connectivity index (χ2v) is 7.15. The third kappa shape index (κ3) is 3.59. The summed E-state index contributed by atoms with van der Waals surface area (Å²) in [6.45, 7) is 7.26. The molecule has 5 nitrogen and oxygen atoms in total. The Morgan fingerprint density at radius 1 is 1.40 bits per heavy atom. The van der Waals surface area contributed by atoms with E-state index in [1.807, 2.05) is 0 Å². The van der Waals surface area contributed by atoms with E-state index in [1.54, 1.807) is 0 Å². The standard InChI is InChI=1S/C14H23IN4O/c1-9(2)7-10-12(15)14(20)17-13(16-10)11-8-18(3)5-6-19(11)4/h9,11H,5-8H2,1-4H3,(H,16,17,20). The summed E-state index contributed by atoms with van der Waals surface area (Å²) in [4.78, 5) is 24.4. The molecule has 0 aromatic carbocycles. The Hall–Kier alpha value is -0.470. The Balaban J connectivity index is 2.36. The first-order valence-corrected chi connectivity index (χ1v) is 8.13. The minimum absolute atomic E-state index is 0.00660. The van der Waals surface area contributed by atoms with Gasteiger partial charge in [0.05, 0.1) is 15.3 Å². The number of halogens is 1. The molecule has 0 amide bonds. The number of nitrogens with one attached hydrogen (secondary N) is 1. The van der Waals surface area contributed by atoms with E-state index in [0.717, 1.165) is 41.1 Å². The summed E-state index contributed by atoms with van der Waals surface area (Å²) in [5.74, 6) is 1.30. The van der Waals surface area contributed by atoms with Gasteiger partial charge < -0.3 is 9.88 Å². The van der Waals surface area contributed by atoms with Crippen LogP contribution in [0.3, 0.4) is 0 Å². The molecule has 0 bridgehead atoms. The lowest BCUT2D eigenvalue weighted by molar-refractivity contribution is 0.109. The number of hydrogen-bond donors (Lipinski definition) is 1. The van der Waals surface area contributed by atoms with Crippen LogP contribution in [-0.4, -0.2) is 53.5 Å². The third-order valence-electron chi connectivity index (χ3n) is 3.72. The van der Waals surface area contributed by atoms with Crippen LogP contribution < -0.4 is 5.56 Å². The fourth-order valence-corrected chi connectivity index (χ4v) is 2.99. The lowest BCUT2D eigenvalue weighted by Gasteiger charge is -2.37. The Morgan fingerprint density at radius 2 is 2.10 bits per heavy atom. The second kappa shape index (κ2) is 6.53. The summed E-state index contributed by atoms with van der Waals surface area (Å²) < 4.78 is 0.729. The predicted molar refractivity (Wildman–Crippen MR) is 89.0 cm³/mol. The van der Waals surface area contributed by atoms with Crippen molar-refractivity contribution in [2.75, 3.05) is 33.7 Å². The molecule has 2 rings (SSSR count). The number of aromatic nitrogens is 2. The molecule has 0 radical (unpaired) electrons. The van der Waals surface area contributed by atoms with Crippen LogP contribution in [-0.2, 0) is 6.42 Å². The number of rotatable bonds is 3. The summed E-state index contributed by atoms with van der Waals surface area (Å²) >= 11 is 2.10. The number of likely N-dealkylation sites (N-methyl/N-ethyl adjacent to an activating group) is 2. The van der Waals surface area contributed by atoms with E-state index < -0.39 is 0 Å². The number of hydrogen-bond acceptors (Lipinski definition) is 4. The van der Waals surface area contributed by atoms with Gasteiger partial charge in [-0.1, -0.05) is 13.8 Å². The fraction of sp³-hybridized carbons (Fsp3) is 0.714. The van der Waals surface area contributed by atoms with Crippen molar-refractivity contribution in [2.45, 2.75) is 26.3 Å². The van der Waals surface area contributed by atoms with Gasteiger partial charge in [0.2, 0.25) is 0 Å². The van der Waals surface area contributed by atoms with Crippen molar-refractivity contribution >= 4 is 22.6 Å².